The minimum atomic E-state index is -3.31. The van der Waals surface area contributed by atoms with Crippen molar-refractivity contribution in [3.8, 4) is 11.4 Å². The van der Waals surface area contributed by atoms with Gasteiger partial charge in [0.25, 0.3) is 0 Å². The Balaban J connectivity index is 1.53. The highest BCUT2D eigenvalue weighted by Crippen LogP contribution is 2.30. The Morgan fingerprint density at radius 1 is 1.18 bits per heavy atom. The smallest absolute Gasteiger partial charge is 0.232 e. The molecule has 2 aromatic carbocycles. The third-order valence-corrected chi connectivity index (χ3v) is 5.96. The van der Waals surface area contributed by atoms with Crippen LogP contribution in [-0.2, 0) is 23.0 Å². The van der Waals surface area contributed by atoms with E-state index in [0.29, 0.717) is 30.0 Å². The van der Waals surface area contributed by atoms with Gasteiger partial charge in [0.2, 0.25) is 15.8 Å². The molecule has 0 spiro atoms. The van der Waals surface area contributed by atoms with Crippen LogP contribution in [0.1, 0.15) is 21.5 Å². The zero-order valence-electron chi connectivity index (χ0n) is 15.5. The second-order valence-electron chi connectivity index (χ2n) is 6.81. The number of sulfonamides is 1. The molecule has 0 unspecified atom stereocenters. The number of Topliss-reactive ketones (excluding diaryl/α,β-unsaturated/α-hetero) is 1. The highest BCUT2D eigenvalue weighted by molar-refractivity contribution is 7.92. The van der Waals surface area contributed by atoms with Crippen LogP contribution in [0.2, 0.25) is 0 Å². The average molecular weight is 397 g/mol. The van der Waals surface area contributed by atoms with E-state index in [1.807, 2.05) is 31.2 Å². The molecule has 9 heteroatoms. The third kappa shape index (κ3) is 3.40. The number of rotatable bonds is 5. The monoisotopic (exact) mass is 397 g/mol. The Morgan fingerprint density at radius 3 is 2.71 bits per heavy atom. The second-order valence-corrected chi connectivity index (χ2v) is 8.72. The Morgan fingerprint density at radius 2 is 1.96 bits per heavy atom. The van der Waals surface area contributed by atoms with E-state index in [1.165, 1.54) is 15.4 Å². The molecule has 0 bridgehead atoms. The Bertz CT molecular complexity index is 1170. The number of ketones is 1. The summed E-state index contributed by atoms with van der Waals surface area (Å²) in [7, 11) is -3.31. The van der Waals surface area contributed by atoms with Gasteiger partial charge >= 0.3 is 0 Å². The van der Waals surface area contributed by atoms with Crippen LogP contribution in [0, 0.1) is 6.92 Å². The number of carbonyl (C=O) groups excluding carboxylic acids is 1. The van der Waals surface area contributed by atoms with Crippen molar-refractivity contribution in [2.24, 2.45) is 0 Å². The number of aromatic nitrogens is 4. The SMILES string of the molecule is Cc1ccccc1-c1nnn(CC(=O)c2ccc3c(c2)CCN3S(C)(=O)=O)n1. The van der Waals surface area contributed by atoms with E-state index >= 15 is 0 Å². The summed E-state index contributed by atoms with van der Waals surface area (Å²) in [6.07, 6.45) is 1.77. The van der Waals surface area contributed by atoms with Gasteiger partial charge < -0.3 is 0 Å². The van der Waals surface area contributed by atoms with Gasteiger partial charge in [0, 0.05) is 17.7 Å². The lowest BCUT2D eigenvalue weighted by atomic mass is 10.1. The fraction of sp³-hybridized carbons (Fsp3) is 0.263. The van der Waals surface area contributed by atoms with Crippen molar-refractivity contribution in [1.29, 1.82) is 0 Å². The maximum atomic E-state index is 12.6. The van der Waals surface area contributed by atoms with E-state index in [9.17, 15) is 13.2 Å². The lowest BCUT2D eigenvalue weighted by Gasteiger charge is -2.16. The van der Waals surface area contributed by atoms with Gasteiger partial charge in [-0.2, -0.15) is 4.80 Å². The minimum Gasteiger partial charge on any atom is -0.292 e. The van der Waals surface area contributed by atoms with Crippen molar-refractivity contribution in [2.75, 3.05) is 17.1 Å². The lowest BCUT2D eigenvalue weighted by molar-refractivity contribution is 0.0961. The molecule has 0 fully saturated rings. The topological polar surface area (TPSA) is 98.0 Å². The number of carbonyl (C=O) groups is 1. The molecule has 1 aliphatic rings. The number of hydrogen-bond donors (Lipinski definition) is 0. The molecular formula is C19H19N5O3S. The summed E-state index contributed by atoms with van der Waals surface area (Å²) in [6.45, 7) is 2.33. The van der Waals surface area contributed by atoms with Gasteiger partial charge in [0.05, 0.1) is 11.9 Å². The van der Waals surface area contributed by atoms with E-state index < -0.39 is 10.0 Å². The first-order valence-electron chi connectivity index (χ1n) is 8.80. The van der Waals surface area contributed by atoms with Crippen molar-refractivity contribution < 1.29 is 13.2 Å². The van der Waals surface area contributed by atoms with E-state index in [2.05, 4.69) is 15.4 Å². The number of fused-ring (bicyclic) bond motifs is 1. The molecule has 8 nitrogen and oxygen atoms in total. The average Bonchev–Trinajstić information content (AvgIpc) is 3.28. The van der Waals surface area contributed by atoms with Crippen LogP contribution in [0.3, 0.4) is 0 Å². The molecule has 0 amide bonds. The van der Waals surface area contributed by atoms with E-state index in [4.69, 9.17) is 0 Å². The first kappa shape index (κ1) is 18.3. The molecule has 144 valence electrons. The molecule has 0 radical (unpaired) electrons. The molecule has 0 saturated heterocycles. The maximum absolute atomic E-state index is 12.6. The normalized spacial score (nSPS) is 13.6. The van der Waals surface area contributed by atoms with Crippen LogP contribution < -0.4 is 4.31 Å². The summed E-state index contributed by atoms with van der Waals surface area (Å²) in [5.74, 6) is 0.318. The quantitative estimate of drug-likeness (QED) is 0.610. The predicted molar refractivity (Wildman–Crippen MR) is 105 cm³/mol. The minimum absolute atomic E-state index is 0.0343. The van der Waals surface area contributed by atoms with Crippen LogP contribution in [0.5, 0.6) is 0 Å². The molecule has 0 aliphatic carbocycles. The van der Waals surface area contributed by atoms with Gasteiger partial charge in [0.15, 0.2) is 5.78 Å². The van der Waals surface area contributed by atoms with Crippen LogP contribution in [0.15, 0.2) is 42.5 Å². The number of hydrogen-bond acceptors (Lipinski definition) is 6. The van der Waals surface area contributed by atoms with Crippen molar-refractivity contribution >= 4 is 21.5 Å². The Labute approximate surface area is 162 Å². The van der Waals surface area contributed by atoms with E-state index in [0.717, 1.165) is 16.7 Å². The lowest BCUT2D eigenvalue weighted by Crippen LogP contribution is -2.27. The molecule has 2 heterocycles. The van der Waals surface area contributed by atoms with Crippen LogP contribution >= 0.6 is 0 Å². The first-order valence-corrected chi connectivity index (χ1v) is 10.7. The highest BCUT2D eigenvalue weighted by atomic mass is 32.2. The maximum Gasteiger partial charge on any atom is 0.232 e. The van der Waals surface area contributed by atoms with Crippen molar-refractivity contribution in [2.45, 2.75) is 19.9 Å². The second kappa shape index (κ2) is 6.83. The van der Waals surface area contributed by atoms with Gasteiger partial charge in [-0.1, -0.05) is 24.3 Å². The van der Waals surface area contributed by atoms with Crippen molar-refractivity contribution in [1.82, 2.24) is 20.2 Å². The first-order chi connectivity index (χ1) is 13.3. The van der Waals surface area contributed by atoms with E-state index in [1.54, 1.807) is 18.2 Å². The fourth-order valence-electron chi connectivity index (χ4n) is 3.35. The summed E-state index contributed by atoms with van der Waals surface area (Å²) < 4.78 is 25.0. The Hall–Kier alpha value is -3.07. The molecule has 0 saturated carbocycles. The number of nitrogens with zero attached hydrogens (tertiary/aromatic N) is 5. The van der Waals surface area contributed by atoms with Crippen molar-refractivity contribution in [3.05, 3.63) is 59.2 Å². The summed E-state index contributed by atoms with van der Waals surface area (Å²) in [6, 6.07) is 12.8. The van der Waals surface area contributed by atoms with Crippen molar-refractivity contribution in [3.63, 3.8) is 0 Å². The number of benzene rings is 2. The third-order valence-electron chi connectivity index (χ3n) is 4.78. The van der Waals surface area contributed by atoms with Crippen LogP contribution in [0.4, 0.5) is 5.69 Å². The van der Waals surface area contributed by atoms with Gasteiger partial charge in [-0.15, -0.1) is 10.2 Å². The van der Waals surface area contributed by atoms with E-state index in [-0.39, 0.29) is 12.3 Å². The number of aryl methyl sites for hydroxylation is 1. The molecule has 28 heavy (non-hydrogen) atoms. The number of tetrazole rings is 1. The summed E-state index contributed by atoms with van der Waals surface area (Å²) in [5, 5.41) is 12.3. The molecule has 0 atom stereocenters. The zero-order valence-corrected chi connectivity index (χ0v) is 16.3. The number of anilines is 1. The molecule has 1 aromatic heterocycles. The van der Waals surface area contributed by atoms with Gasteiger partial charge in [-0.3, -0.25) is 9.10 Å². The predicted octanol–water partition coefficient (Wildman–Crippen LogP) is 1.85. The molecular weight excluding hydrogens is 378 g/mol. The molecule has 1 aliphatic heterocycles. The molecule has 4 rings (SSSR count). The summed E-state index contributed by atoms with van der Waals surface area (Å²) in [4.78, 5) is 13.9. The van der Waals surface area contributed by atoms with Crippen LogP contribution in [0.25, 0.3) is 11.4 Å². The largest absolute Gasteiger partial charge is 0.292 e. The fourth-order valence-corrected chi connectivity index (χ4v) is 4.31. The summed E-state index contributed by atoms with van der Waals surface area (Å²) >= 11 is 0. The van der Waals surface area contributed by atoms with Gasteiger partial charge in [0.1, 0.15) is 6.54 Å². The van der Waals surface area contributed by atoms with Gasteiger partial charge in [-0.25, -0.2) is 8.42 Å². The standard InChI is InChI=1S/C19H19N5O3S/c1-13-5-3-4-6-16(13)19-20-22-24(21-19)12-18(25)15-7-8-17-14(11-15)9-10-23(17)28(2,26)27/h3-8,11H,9-10,12H2,1-2H3. The van der Waals surface area contributed by atoms with Crippen LogP contribution in [-0.4, -0.2) is 47.2 Å². The van der Waals surface area contributed by atoms with Gasteiger partial charge in [-0.05, 0) is 47.9 Å². The molecule has 3 aromatic rings. The zero-order chi connectivity index (χ0) is 19.9. The molecule has 0 N–H and O–H groups in total. The Kier molecular flexibility index (Phi) is 4.46. The highest BCUT2D eigenvalue weighted by Gasteiger charge is 2.26. The summed E-state index contributed by atoms with van der Waals surface area (Å²) in [5.41, 5.74) is 3.90.